The van der Waals surface area contributed by atoms with Crippen LogP contribution in [0.4, 0.5) is 16.6 Å². The second-order valence-electron chi connectivity index (χ2n) is 10.9. The van der Waals surface area contributed by atoms with Gasteiger partial charge in [0.25, 0.3) is 0 Å². The summed E-state index contributed by atoms with van der Waals surface area (Å²) in [6, 6.07) is 9.43. The van der Waals surface area contributed by atoms with Crippen molar-refractivity contribution in [3.05, 3.63) is 59.8 Å². The first-order chi connectivity index (χ1) is 18.7. The maximum absolute atomic E-state index is 12.1. The van der Waals surface area contributed by atoms with E-state index in [0.717, 1.165) is 43.5 Å². The molecular weight excluding hydrogens is 492 g/mol. The van der Waals surface area contributed by atoms with Gasteiger partial charge in [-0.25, -0.2) is 9.78 Å². The molecule has 0 bridgehead atoms. The minimum absolute atomic E-state index is 0.00326. The van der Waals surface area contributed by atoms with Crippen molar-refractivity contribution >= 4 is 23.8 Å². The number of nitrogens with zero attached hydrogens (tertiary/aromatic N) is 5. The minimum atomic E-state index is -0.379. The number of rotatable bonds is 10. The first-order valence-corrected chi connectivity index (χ1v) is 14.0. The zero-order chi connectivity index (χ0) is 28.1. The number of ether oxygens (including phenoxy) is 1. The fraction of sp³-hybridized carbons (Fsp3) is 0.533. The summed E-state index contributed by atoms with van der Waals surface area (Å²) < 4.78 is 5.19. The SMILES string of the molecule is C=CC(=O)N(C)C1CCN(C(CC(C)C)c2ccc([C@H](C)Nc3ncc4c(n3)N(CC)C(=O)OC4)cc2)CC1. The molecule has 9 heteroatoms. The molecule has 2 aromatic rings. The zero-order valence-corrected chi connectivity index (χ0v) is 23.9. The zero-order valence-electron chi connectivity index (χ0n) is 23.9. The van der Waals surface area contributed by atoms with Gasteiger partial charge >= 0.3 is 6.09 Å². The number of carbonyl (C=O) groups is 2. The molecule has 210 valence electrons. The van der Waals surface area contributed by atoms with Crippen LogP contribution in [0.3, 0.4) is 0 Å². The Labute approximate surface area is 232 Å². The van der Waals surface area contributed by atoms with Crippen LogP contribution in [0, 0.1) is 5.92 Å². The van der Waals surface area contributed by atoms with Crippen LogP contribution >= 0.6 is 0 Å². The second-order valence-corrected chi connectivity index (χ2v) is 10.9. The van der Waals surface area contributed by atoms with Crippen LogP contribution in [0.2, 0.25) is 0 Å². The second kappa shape index (κ2) is 12.6. The molecule has 1 saturated heterocycles. The number of hydrogen-bond donors (Lipinski definition) is 1. The summed E-state index contributed by atoms with van der Waals surface area (Å²) >= 11 is 0. The number of benzene rings is 1. The van der Waals surface area contributed by atoms with E-state index < -0.39 is 0 Å². The Morgan fingerprint density at radius 1 is 1.21 bits per heavy atom. The molecule has 0 spiro atoms. The Kier molecular flexibility index (Phi) is 9.22. The van der Waals surface area contributed by atoms with Crippen molar-refractivity contribution in [3.63, 3.8) is 0 Å². The molecule has 0 aliphatic carbocycles. The van der Waals surface area contributed by atoms with E-state index in [4.69, 9.17) is 4.74 Å². The predicted octanol–water partition coefficient (Wildman–Crippen LogP) is 5.32. The maximum Gasteiger partial charge on any atom is 0.415 e. The number of carbonyl (C=O) groups excluding carboxylic acids is 2. The van der Waals surface area contributed by atoms with E-state index in [1.807, 2.05) is 18.9 Å². The van der Waals surface area contributed by atoms with Crippen molar-refractivity contribution in [3.8, 4) is 0 Å². The highest BCUT2D eigenvalue weighted by molar-refractivity contribution is 5.89. The maximum atomic E-state index is 12.1. The van der Waals surface area contributed by atoms with Crippen molar-refractivity contribution in [1.29, 1.82) is 0 Å². The largest absolute Gasteiger partial charge is 0.444 e. The van der Waals surface area contributed by atoms with Gasteiger partial charge < -0.3 is 15.0 Å². The molecule has 1 N–H and O–H groups in total. The van der Waals surface area contributed by atoms with Gasteiger partial charge in [-0.15, -0.1) is 0 Å². The number of anilines is 2. The van der Waals surface area contributed by atoms with Gasteiger partial charge in [-0.1, -0.05) is 44.7 Å². The van der Waals surface area contributed by atoms with E-state index >= 15 is 0 Å². The van der Waals surface area contributed by atoms with Gasteiger partial charge in [0.2, 0.25) is 11.9 Å². The van der Waals surface area contributed by atoms with Crippen molar-refractivity contribution in [2.75, 3.05) is 36.9 Å². The van der Waals surface area contributed by atoms with E-state index in [1.165, 1.54) is 16.5 Å². The van der Waals surface area contributed by atoms with Gasteiger partial charge in [-0.2, -0.15) is 4.98 Å². The number of likely N-dealkylation sites (N-methyl/N-ethyl adjacent to an activating group) is 1. The van der Waals surface area contributed by atoms with Gasteiger partial charge in [0.1, 0.15) is 12.4 Å². The molecule has 0 radical (unpaired) electrons. The van der Waals surface area contributed by atoms with Crippen LogP contribution in [0.25, 0.3) is 0 Å². The molecular formula is C30H42N6O3. The average molecular weight is 535 g/mol. The van der Waals surface area contributed by atoms with Gasteiger partial charge in [-0.3, -0.25) is 14.6 Å². The number of likely N-dealkylation sites (tertiary alicyclic amines) is 1. The third-order valence-corrected chi connectivity index (χ3v) is 7.86. The third kappa shape index (κ3) is 6.58. The number of aromatic nitrogens is 2. The van der Waals surface area contributed by atoms with Crippen LogP contribution in [-0.2, 0) is 16.1 Å². The fourth-order valence-corrected chi connectivity index (χ4v) is 5.52. The lowest BCUT2D eigenvalue weighted by atomic mass is 9.91. The number of piperidine rings is 1. The quantitative estimate of drug-likeness (QED) is 0.413. The van der Waals surface area contributed by atoms with Crippen LogP contribution < -0.4 is 10.2 Å². The minimum Gasteiger partial charge on any atom is -0.444 e. The smallest absolute Gasteiger partial charge is 0.415 e. The van der Waals surface area contributed by atoms with E-state index in [-0.39, 0.29) is 30.7 Å². The molecule has 1 unspecified atom stereocenters. The monoisotopic (exact) mass is 534 g/mol. The molecule has 2 atom stereocenters. The van der Waals surface area contributed by atoms with Gasteiger partial charge in [0.15, 0.2) is 0 Å². The van der Waals surface area contributed by atoms with Gasteiger partial charge in [0, 0.05) is 45.0 Å². The molecule has 4 rings (SSSR count). The Hall–Kier alpha value is -3.46. The summed E-state index contributed by atoms with van der Waals surface area (Å²) in [5, 5.41) is 3.39. The van der Waals surface area contributed by atoms with Crippen molar-refractivity contribution in [1.82, 2.24) is 19.8 Å². The lowest BCUT2D eigenvalue weighted by Crippen LogP contribution is -2.46. The highest BCUT2D eigenvalue weighted by atomic mass is 16.6. The number of amides is 2. The van der Waals surface area contributed by atoms with E-state index in [9.17, 15) is 9.59 Å². The van der Waals surface area contributed by atoms with Crippen molar-refractivity contribution < 1.29 is 14.3 Å². The molecule has 2 aliphatic heterocycles. The van der Waals surface area contributed by atoms with Crippen LogP contribution in [0.5, 0.6) is 0 Å². The van der Waals surface area contributed by atoms with Gasteiger partial charge in [0.05, 0.1) is 11.6 Å². The van der Waals surface area contributed by atoms with Crippen LogP contribution in [0.1, 0.15) is 75.7 Å². The summed E-state index contributed by atoms with van der Waals surface area (Å²) in [4.78, 5) is 39.2. The summed E-state index contributed by atoms with van der Waals surface area (Å²) in [6.45, 7) is 14.8. The Morgan fingerprint density at radius 3 is 2.49 bits per heavy atom. The third-order valence-electron chi connectivity index (χ3n) is 7.86. The van der Waals surface area contributed by atoms with Gasteiger partial charge in [-0.05, 0) is 56.2 Å². The lowest BCUT2D eigenvalue weighted by Gasteiger charge is -2.41. The fourth-order valence-electron chi connectivity index (χ4n) is 5.52. The number of fused-ring (bicyclic) bond motifs is 1. The molecule has 3 heterocycles. The molecule has 0 saturated carbocycles. The normalized spacial score (nSPS) is 17.8. The highest BCUT2D eigenvalue weighted by Gasteiger charge is 2.30. The van der Waals surface area contributed by atoms with E-state index in [1.54, 1.807) is 6.20 Å². The van der Waals surface area contributed by atoms with E-state index in [0.29, 0.717) is 30.3 Å². The first kappa shape index (κ1) is 28.5. The van der Waals surface area contributed by atoms with Crippen LogP contribution in [0.15, 0.2) is 43.1 Å². The number of nitrogens with one attached hydrogen (secondary N) is 1. The standard InChI is InChI=1S/C30H42N6O3/c1-7-27(37)34(6)25-13-15-35(16-14-25)26(17-20(3)4)23-11-9-22(10-12-23)21(5)32-29-31-18-24-19-39-30(38)36(8-2)28(24)33-29/h7,9-12,18,20-21,25-26H,1,8,13-17,19H2,2-6H3,(H,31,32,33)/t21-,26?/m0/s1. The van der Waals surface area contributed by atoms with Crippen molar-refractivity contribution in [2.24, 2.45) is 5.92 Å². The summed E-state index contributed by atoms with van der Waals surface area (Å²) in [6.07, 6.45) is 5.77. The summed E-state index contributed by atoms with van der Waals surface area (Å²) in [5.41, 5.74) is 3.26. The Bertz CT molecular complexity index is 1160. The Morgan fingerprint density at radius 2 is 1.87 bits per heavy atom. The average Bonchev–Trinajstić information content (AvgIpc) is 2.95. The van der Waals surface area contributed by atoms with Crippen LogP contribution in [-0.4, -0.2) is 64.5 Å². The topological polar surface area (TPSA) is 90.9 Å². The first-order valence-electron chi connectivity index (χ1n) is 14.0. The molecule has 1 fully saturated rings. The molecule has 1 aromatic carbocycles. The summed E-state index contributed by atoms with van der Waals surface area (Å²) in [5.74, 6) is 1.66. The lowest BCUT2D eigenvalue weighted by molar-refractivity contribution is -0.127. The molecule has 2 amide bonds. The molecule has 2 aliphatic rings. The number of cyclic esters (lactones) is 1. The highest BCUT2D eigenvalue weighted by Crippen LogP contribution is 2.33. The number of hydrogen-bond acceptors (Lipinski definition) is 7. The predicted molar refractivity (Wildman–Crippen MR) is 153 cm³/mol. The molecule has 1 aromatic heterocycles. The molecule has 9 nitrogen and oxygen atoms in total. The van der Waals surface area contributed by atoms with E-state index in [2.05, 4.69) is 71.8 Å². The summed E-state index contributed by atoms with van der Waals surface area (Å²) in [7, 11) is 1.88. The molecule has 39 heavy (non-hydrogen) atoms. The van der Waals surface area contributed by atoms with Crippen molar-refractivity contribution in [2.45, 2.75) is 71.7 Å². The Balaban J connectivity index is 1.43.